The van der Waals surface area contributed by atoms with Gasteiger partial charge in [0, 0.05) is 5.92 Å². The lowest BCUT2D eigenvalue weighted by atomic mass is 10.0. The number of nitrogens with one attached hydrogen (secondary N) is 1. The number of aromatic amines is 1. The van der Waals surface area contributed by atoms with Crippen LogP contribution in [0.1, 0.15) is 29.3 Å². The van der Waals surface area contributed by atoms with Gasteiger partial charge < -0.3 is 10.1 Å². The Labute approximate surface area is 112 Å². The predicted octanol–water partition coefficient (Wildman–Crippen LogP) is 2.32. The average Bonchev–Trinajstić information content (AvgIpc) is 2.79. The summed E-state index contributed by atoms with van der Waals surface area (Å²) < 4.78 is 0.0810. The van der Waals surface area contributed by atoms with Gasteiger partial charge in [0.1, 0.15) is 10.3 Å². The molecule has 2 N–H and O–H groups in total. The summed E-state index contributed by atoms with van der Waals surface area (Å²) in [7, 11) is 0. The predicted molar refractivity (Wildman–Crippen MR) is 70.8 cm³/mol. The fourth-order valence-electron chi connectivity index (χ4n) is 2.47. The van der Waals surface area contributed by atoms with Crippen molar-refractivity contribution in [2.45, 2.75) is 18.8 Å². The van der Waals surface area contributed by atoms with E-state index in [1.807, 2.05) is 18.2 Å². The van der Waals surface area contributed by atoms with Gasteiger partial charge in [-0.3, -0.25) is 4.79 Å². The van der Waals surface area contributed by atoms with Crippen molar-refractivity contribution in [1.29, 1.82) is 0 Å². The van der Waals surface area contributed by atoms with Crippen LogP contribution in [0, 0.1) is 0 Å². The lowest BCUT2D eigenvalue weighted by Crippen LogP contribution is -2.14. The number of nitrogens with zero attached hydrogens (tertiary/aromatic N) is 1. The number of fused-ring (bicyclic) bond motifs is 1. The van der Waals surface area contributed by atoms with E-state index in [-0.39, 0.29) is 21.8 Å². The van der Waals surface area contributed by atoms with Crippen LogP contribution in [0.5, 0.6) is 5.88 Å². The molecule has 0 fully saturated rings. The van der Waals surface area contributed by atoms with Crippen LogP contribution in [-0.2, 0) is 6.42 Å². The quantitative estimate of drug-likeness (QED) is 0.849. The van der Waals surface area contributed by atoms with Crippen LogP contribution in [0.25, 0.3) is 0 Å². The van der Waals surface area contributed by atoms with Crippen molar-refractivity contribution in [2.75, 3.05) is 0 Å². The third-order valence-corrected chi connectivity index (χ3v) is 4.04. The molecule has 0 aliphatic heterocycles. The number of benzene rings is 1. The van der Waals surface area contributed by atoms with Crippen molar-refractivity contribution in [3.8, 4) is 5.88 Å². The maximum absolute atomic E-state index is 11.6. The van der Waals surface area contributed by atoms with E-state index >= 15 is 0 Å². The van der Waals surface area contributed by atoms with Crippen LogP contribution in [0.4, 0.5) is 0 Å². The van der Waals surface area contributed by atoms with E-state index in [1.165, 1.54) is 11.1 Å². The Morgan fingerprint density at radius 2 is 2.17 bits per heavy atom. The lowest BCUT2D eigenvalue weighted by molar-refractivity contribution is 0.441. The summed E-state index contributed by atoms with van der Waals surface area (Å²) in [5.74, 6) is 0.344. The SMILES string of the molecule is O=c1[nH]c(C2CCc3ccccc32)nc(O)c1Br. The van der Waals surface area contributed by atoms with Gasteiger partial charge in [0.25, 0.3) is 5.56 Å². The van der Waals surface area contributed by atoms with Crippen molar-refractivity contribution < 1.29 is 5.11 Å². The Hall–Kier alpha value is -1.62. The maximum atomic E-state index is 11.6. The van der Waals surface area contributed by atoms with E-state index in [1.54, 1.807) is 0 Å². The standard InChI is InChI=1S/C13H11BrN2O2/c14-10-12(17)15-11(16-13(10)18)9-6-5-7-3-1-2-4-8(7)9/h1-4,9H,5-6H2,(H2,15,16,17,18). The van der Waals surface area contributed by atoms with Gasteiger partial charge in [0.05, 0.1) is 0 Å². The minimum absolute atomic E-state index is 0.0629. The minimum Gasteiger partial charge on any atom is -0.492 e. The molecule has 1 aliphatic rings. The van der Waals surface area contributed by atoms with Gasteiger partial charge in [-0.05, 0) is 39.9 Å². The molecule has 1 aromatic carbocycles. The second-order valence-electron chi connectivity index (χ2n) is 4.38. The Balaban J connectivity index is 2.11. The molecule has 0 radical (unpaired) electrons. The minimum atomic E-state index is -0.345. The third kappa shape index (κ3) is 1.75. The molecule has 1 atom stereocenters. The van der Waals surface area contributed by atoms with E-state index in [2.05, 4.69) is 32.0 Å². The topological polar surface area (TPSA) is 66.0 Å². The molecule has 1 aliphatic carbocycles. The number of aryl methyl sites for hydroxylation is 1. The molecule has 1 unspecified atom stereocenters. The maximum Gasteiger partial charge on any atom is 0.269 e. The van der Waals surface area contributed by atoms with Gasteiger partial charge >= 0.3 is 0 Å². The lowest BCUT2D eigenvalue weighted by Gasteiger charge is -2.11. The molecule has 1 heterocycles. The van der Waals surface area contributed by atoms with Gasteiger partial charge in [0.2, 0.25) is 5.88 Å². The van der Waals surface area contributed by atoms with Crippen LogP contribution in [0.15, 0.2) is 33.5 Å². The molecule has 5 heteroatoms. The van der Waals surface area contributed by atoms with Crippen LogP contribution in [-0.4, -0.2) is 15.1 Å². The van der Waals surface area contributed by atoms with E-state index in [9.17, 15) is 9.90 Å². The highest BCUT2D eigenvalue weighted by Crippen LogP contribution is 2.36. The first-order valence-corrected chi connectivity index (χ1v) is 6.52. The highest BCUT2D eigenvalue weighted by atomic mass is 79.9. The fourth-order valence-corrected chi connectivity index (χ4v) is 2.66. The normalized spacial score (nSPS) is 17.7. The number of aromatic hydroxyl groups is 1. The molecule has 0 saturated carbocycles. The summed E-state index contributed by atoms with van der Waals surface area (Å²) in [6.07, 6.45) is 1.88. The molecule has 3 rings (SSSR count). The second-order valence-corrected chi connectivity index (χ2v) is 5.17. The molecule has 0 saturated heterocycles. The first-order valence-electron chi connectivity index (χ1n) is 5.73. The number of hydrogen-bond donors (Lipinski definition) is 2. The van der Waals surface area contributed by atoms with Gasteiger partial charge in [0.15, 0.2) is 0 Å². The number of halogens is 1. The Kier molecular flexibility index (Phi) is 2.70. The molecule has 0 spiro atoms. The van der Waals surface area contributed by atoms with E-state index < -0.39 is 0 Å². The van der Waals surface area contributed by atoms with Crippen molar-refractivity contribution in [2.24, 2.45) is 0 Å². The highest BCUT2D eigenvalue weighted by molar-refractivity contribution is 9.10. The summed E-state index contributed by atoms with van der Waals surface area (Å²) in [5, 5.41) is 9.61. The molecule has 0 bridgehead atoms. The molecule has 0 amide bonds. The zero-order valence-corrected chi connectivity index (χ0v) is 11.1. The van der Waals surface area contributed by atoms with Crippen LogP contribution >= 0.6 is 15.9 Å². The monoisotopic (exact) mass is 306 g/mol. The smallest absolute Gasteiger partial charge is 0.269 e. The molecular weight excluding hydrogens is 296 g/mol. The average molecular weight is 307 g/mol. The highest BCUT2D eigenvalue weighted by Gasteiger charge is 2.26. The zero-order chi connectivity index (χ0) is 12.7. The van der Waals surface area contributed by atoms with Crippen molar-refractivity contribution in [3.05, 3.63) is 56.0 Å². The zero-order valence-electron chi connectivity index (χ0n) is 9.48. The van der Waals surface area contributed by atoms with Crippen molar-refractivity contribution >= 4 is 15.9 Å². The van der Waals surface area contributed by atoms with E-state index in [0.717, 1.165) is 12.8 Å². The van der Waals surface area contributed by atoms with E-state index in [0.29, 0.717) is 5.82 Å². The third-order valence-electron chi connectivity index (χ3n) is 3.33. The summed E-state index contributed by atoms with van der Waals surface area (Å²) in [6.45, 7) is 0. The second kappa shape index (κ2) is 4.24. The van der Waals surface area contributed by atoms with Gasteiger partial charge in [-0.2, -0.15) is 4.98 Å². The van der Waals surface area contributed by atoms with Gasteiger partial charge in [-0.25, -0.2) is 0 Å². The summed E-state index contributed by atoms with van der Waals surface area (Å²) >= 11 is 3.00. The van der Waals surface area contributed by atoms with Crippen molar-refractivity contribution in [1.82, 2.24) is 9.97 Å². The molecule has 4 nitrogen and oxygen atoms in total. The molecule has 92 valence electrons. The number of hydrogen-bond acceptors (Lipinski definition) is 3. The Bertz CT molecular complexity index is 666. The molecule has 2 aromatic rings. The molecular formula is C13H11BrN2O2. The fraction of sp³-hybridized carbons (Fsp3) is 0.231. The Morgan fingerprint density at radius 1 is 1.39 bits per heavy atom. The summed E-state index contributed by atoms with van der Waals surface area (Å²) in [4.78, 5) is 18.4. The van der Waals surface area contributed by atoms with Crippen LogP contribution in [0.2, 0.25) is 0 Å². The summed E-state index contributed by atoms with van der Waals surface area (Å²) in [5.41, 5.74) is 2.12. The van der Waals surface area contributed by atoms with Gasteiger partial charge in [-0.1, -0.05) is 24.3 Å². The van der Waals surface area contributed by atoms with E-state index in [4.69, 9.17) is 0 Å². The Morgan fingerprint density at radius 3 is 2.94 bits per heavy atom. The number of rotatable bonds is 1. The largest absolute Gasteiger partial charge is 0.492 e. The van der Waals surface area contributed by atoms with Gasteiger partial charge in [-0.15, -0.1) is 0 Å². The molecule has 18 heavy (non-hydrogen) atoms. The number of H-pyrrole nitrogens is 1. The molecule has 1 aromatic heterocycles. The first kappa shape index (κ1) is 11.5. The number of aromatic nitrogens is 2. The summed E-state index contributed by atoms with van der Waals surface area (Å²) in [6, 6.07) is 8.13. The van der Waals surface area contributed by atoms with Crippen molar-refractivity contribution in [3.63, 3.8) is 0 Å². The van der Waals surface area contributed by atoms with Crippen LogP contribution in [0.3, 0.4) is 0 Å². The van der Waals surface area contributed by atoms with Crippen LogP contribution < -0.4 is 5.56 Å². The first-order chi connectivity index (χ1) is 8.66.